The lowest BCUT2D eigenvalue weighted by Crippen LogP contribution is -2.37. The maximum Gasteiger partial charge on any atom is 0.255 e. The second-order valence-corrected chi connectivity index (χ2v) is 10.7. The number of sulfonamides is 1. The van der Waals surface area contributed by atoms with Crippen molar-refractivity contribution in [2.45, 2.75) is 44.6 Å². The number of hydrogen-bond acceptors (Lipinski definition) is 5. The molecular weight excluding hydrogens is 459 g/mol. The zero-order valence-corrected chi connectivity index (χ0v) is 20.3. The number of rotatable bonds is 9. The lowest BCUT2D eigenvalue weighted by Gasteiger charge is -2.27. The third-order valence-corrected chi connectivity index (χ3v) is 7.23. The molecule has 34 heavy (non-hydrogen) atoms. The summed E-state index contributed by atoms with van der Waals surface area (Å²) in [5, 5.41) is 13.6. The zero-order chi connectivity index (χ0) is 24.6. The van der Waals surface area contributed by atoms with Crippen LogP contribution in [0, 0.1) is 5.82 Å². The van der Waals surface area contributed by atoms with Gasteiger partial charge in [0.2, 0.25) is 10.0 Å². The topological polar surface area (TPSA) is 99.8 Å². The van der Waals surface area contributed by atoms with E-state index in [4.69, 9.17) is 4.42 Å². The van der Waals surface area contributed by atoms with Crippen LogP contribution in [-0.4, -0.2) is 45.4 Å². The molecule has 1 aliphatic rings. The average Bonchev–Trinajstić information content (AvgIpc) is 3.56. The van der Waals surface area contributed by atoms with E-state index in [0.717, 1.165) is 31.1 Å². The molecule has 0 spiro atoms. The van der Waals surface area contributed by atoms with Crippen molar-refractivity contribution in [2.24, 2.45) is 0 Å². The number of anilines is 1. The first kappa shape index (κ1) is 24.2. The number of carbonyl (C=O) groups is 1. The molecule has 1 saturated carbocycles. The fourth-order valence-electron chi connectivity index (χ4n) is 4.27. The summed E-state index contributed by atoms with van der Waals surface area (Å²) < 4.78 is 46.4. The third-order valence-electron chi connectivity index (χ3n) is 6.08. The van der Waals surface area contributed by atoms with Crippen LogP contribution < -0.4 is 9.62 Å². The van der Waals surface area contributed by atoms with Crippen molar-refractivity contribution in [1.82, 2.24) is 5.32 Å². The van der Waals surface area contributed by atoms with Gasteiger partial charge in [-0.15, -0.1) is 0 Å². The number of halogens is 1. The number of aliphatic hydroxyl groups excluding tert-OH is 1. The first-order chi connectivity index (χ1) is 16.1. The molecule has 3 aromatic rings. The SMILES string of the molecule is CCCC(O)CN(c1cc2oc(-c3ccc(F)cc3)c(C(=O)NC)c2cc1C1CC1)S(C)(=O)=O. The molecule has 0 saturated heterocycles. The van der Waals surface area contributed by atoms with E-state index in [1.807, 2.05) is 13.0 Å². The van der Waals surface area contributed by atoms with E-state index in [9.17, 15) is 22.7 Å². The van der Waals surface area contributed by atoms with Crippen LogP contribution in [0.15, 0.2) is 40.8 Å². The Bertz CT molecular complexity index is 1310. The summed E-state index contributed by atoms with van der Waals surface area (Å²) in [6.07, 6.45) is 3.33. The van der Waals surface area contributed by atoms with Crippen LogP contribution >= 0.6 is 0 Å². The minimum Gasteiger partial charge on any atom is -0.455 e. The van der Waals surface area contributed by atoms with E-state index in [1.54, 1.807) is 6.07 Å². The predicted molar refractivity (Wildman–Crippen MR) is 130 cm³/mol. The van der Waals surface area contributed by atoms with Gasteiger partial charge >= 0.3 is 0 Å². The smallest absolute Gasteiger partial charge is 0.255 e. The maximum absolute atomic E-state index is 13.5. The fraction of sp³-hybridized carbons (Fsp3) is 0.400. The Morgan fingerprint density at radius 2 is 1.94 bits per heavy atom. The highest BCUT2D eigenvalue weighted by Crippen LogP contribution is 2.48. The van der Waals surface area contributed by atoms with Gasteiger partial charge in [0.05, 0.1) is 30.2 Å². The minimum absolute atomic E-state index is 0.0638. The predicted octanol–water partition coefficient (Wildman–Crippen LogP) is 4.40. The van der Waals surface area contributed by atoms with Crippen molar-refractivity contribution in [3.05, 3.63) is 53.3 Å². The van der Waals surface area contributed by atoms with Crippen LogP contribution in [0.2, 0.25) is 0 Å². The molecule has 2 N–H and O–H groups in total. The van der Waals surface area contributed by atoms with Crippen LogP contribution in [0.25, 0.3) is 22.3 Å². The van der Waals surface area contributed by atoms with Gasteiger partial charge in [-0.2, -0.15) is 0 Å². The van der Waals surface area contributed by atoms with E-state index in [0.29, 0.717) is 34.2 Å². The van der Waals surface area contributed by atoms with Crippen LogP contribution in [0.5, 0.6) is 0 Å². The number of aliphatic hydroxyl groups is 1. The molecule has 1 unspecified atom stereocenters. The Morgan fingerprint density at radius 3 is 2.50 bits per heavy atom. The van der Waals surface area contributed by atoms with E-state index < -0.39 is 21.9 Å². The molecule has 0 radical (unpaired) electrons. The summed E-state index contributed by atoms with van der Waals surface area (Å²) >= 11 is 0. The van der Waals surface area contributed by atoms with Gasteiger partial charge in [-0.3, -0.25) is 9.10 Å². The molecule has 1 atom stereocenters. The Labute approximate surface area is 198 Å². The molecular formula is C25H29FN2O5S. The summed E-state index contributed by atoms with van der Waals surface area (Å²) in [7, 11) is -2.18. The van der Waals surface area contributed by atoms with Crippen molar-refractivity contribution < 1.29 is 27.1 Å². The molecule has 0 bridgehead atoms. The Kier molecular flexibility index (Phi) is 6.69. The summed E-state index contributed by atoms with van der Waals surface area (Å²) in [6, 6.07) is 9.11. The van der Waals surface area contributed by atoms with Crippen molar-refractivity contribution in [2.75, 3.05) is 24.2 Å². The van der Waals surface area contributed by atoms with Crippen LogP contribution in [-0.2, 0) is 10.0 Å². The van der Waals surface area contributed by atoms with Crippen molar-refractivity contribution in [1.29, 1.82) is 0 Å². The van der Waals surface area contributed by atoms with Crippen molar-refractivity contribution in [3.8, 4) is 11.3 Å². The highest BCUT2D eigenvalue weighted by molar-refractivity contribution is 7.92. The lowest BCUT2D eigenvalue weighted by atomic mass is 10.00. The van der Waals surface area contributed by atoms with Gasteiger partial charge in [-0.1, -0.05) is 13.3 Å². The number of furan rings is 1. The van der Waals surface area contributed by atoms with Crippen LogP contribution in [0.3, 0.4) is 0 Å². The maximum atomic E-state index is 13.5. The molecule has 1 aliphatic carbocycles. The Hall–Kier alpha value is -2.91. The fourth-order valence-corrected chi connectivity index (χ4v) is 5.23. The number of carbonyl (C=O) groups excluding carboxylic acids is 1. The van der Waals surface area contributed by atoms with E-state index in [1.165, 1.54) is 35.6 Å². The molecule has 1 heterocycles. The Morgan fingerprint density at radius 1 is 1.26 bits per heavy atom. The molecule has 4 rings (SSSR count). The molecule has 1 amide bonds. The first-order valence-corrected chi connectivity index (χ1v) is 13.2. The van der Waals surface area contributed by atoms with Gasteiger partial charge in [0.15, 0.2) is 0 Å². The standard InChI is InChI=1S/C25H29FN2O5S/c1-4-5-18(29)14-28(34(3,31)32)21-13-22-20(12-19(21)15-6-7-15)23(25(30)27-2)24(33-22)16-8-10-17(26)11-9-16/h8-13,15,18,29H,4-7,14H2,1-3H3,(H,27,30). The van der Waals surface area contributed by atoms with Gasteiger partial charge in [-0.25, -0.2) is 12.8 Å². The lowest BCUT2D eigenvalue weighted by molar-refractivity contribution is 0.0964. The monoisotopic (exact) mass is 488 g/mol. The van der Waals surface area contributed by atoms with Crippen molar-refractivity contribution >= 4 is 32.6 Å². The summed E-state index contributed by atoms with van der Waals surface area (Å²) in [4.78, 5) is 12.9. The number of fused-ring (bicyclic) bond motifs is 1. The number of hydrogen-bond donors (Lipinski definition) is 2. The van der Waals surface area contributed by atoms with E-state index in [-0.39, 0.29) is 24.1 Å². The third kappa shape index (κ3) is 4.81. The minimum atomic E-state index is -3.70. The largest absolute Gasteiger partial charge is 0.455 e. The Balaban J connectivity index is 1.94. The number of amides is 1. The number of benzene rings is 2. The molecule has 0 aliphatic heterocycles. The molecule has 7 nitrogen and oxygen atoms in total. The quantitative estimate of drug-likeness (QED) is 0.465. The van der Waals surface area contributed by atoms with Gasteiger partial charge in [-0.05, 0) is 61.1 Å². The zero-order valence-electron chi connectivity index (χ0n) is 19.5. The second-order valence-electron chi connectivity index (χ2n) is 8.81. The van der Waals surface area contributed by atoms with Gasteiger partial charge in [0, 0.05) is 24.1 Å². The highest BCUT2D eigenvalue weighted by Gasteiger charge is 2.33. The molecule has 1 fully saturated rings. The highest BCUT2D eigenvalue weighted by atomic mass is 32.2. The normalized spacial score (nSPS) is 14.9. The van der Waals surface area contributed by atoms with Crippen molar-refractivity contribution in [3.63, 3.8) is 0 Å². The van der Waals surface area contributed by atoms with E-state index in [2.05, 4.69) is 5.32 Å². The number of nitrogens with one attached hydrogen (secondary N) is 1. The molecule has 182 valence electrons. The number of nitrogens with zero attached hydrogens (tertiary/aromatic N) is 1. The summed E-state index contributed by atoms with van der Waals surface area (Å²) in [5.74, 6) is -0.321. The summed E-state index contributed by atoms with van der Waals surface area (Å²) in [6.45, 7) is 1.86. The first-order valence-electron chi connectivity index (χ1n) is 11.4. The van der Waals surface area contributed by atoms with Gasteiger partial charge in [0.25, 0.3) is 5.91 Å². The van der Waals surface area contributed by atoms with E-state index >= 15 is 0 Å². The molecule has 1 aromatic heterocycles. The molecule has 9 heteroatoms. The van der Waals surface area contributed by atoms with Gasteiger partial charge in [0.1, 0.15) is 17.2 Å². The average molecular weight is 489 g/mol. The van der Waals surface area contributed by atoms with Crippen LogP contribution in [0.1, 0.15) is 54.4 Å². The van der Waals surface area contributed by atoms with Crippen LogP contribution in [0.4, 0.5) is 10.1 Å². The van der Waals surface area contributed by atoms with Gasteiger partial charge < -0.3 is 14.8 Å². The molecule has 2 aromatic carbocycles. The second kappa shape index (κ2) is 9.38. The summed E-state index contributed by atoms with van der Waals surface area (Å²) in [5.41, 5.74) is 2.45.